The van der Waals surface area contributed by atoms with Crippen LogP contribution in [0.25, 0.3) is 0 Å². The topological polar surface area (TPSA) is 52.7 Å². The SMILES string of the molecule is CCC(C)(C)C(=O)NCCC(=O)N1CCN(c2ccccc2)CC1. The van der Waals surface area contributed by atoms with Crippen molar-refractivity contribution in [2.45, 2.75) is 33.6 Å². The van der Waals surface area contributed by atoms with Crippen molar-refractivity contribution in [1.82, 2.24) is 10.2 Å². The molecule has 24 heavy (non-hydrogen) atoms. The van der Waals surface area contributed by atoms with Gasteiger partial charge in [0.1, 0.15) is 0 Å². The number of amides is 2. The fourth-order valence-corrected chi connectivity index (χ4v) is 2.69. The molecule has 0 atom stereocenters. The van der Waals surface area contributed by atoms with Gasteiger partial charge in [-0.1, -0.05) is 39.0 Å². The summed E-state index contributed by atoms with van der Waals surface area (Å²) in [5.74, 6) is 0.143. The number of hydrogen-bond acceptors (Lipinski definition) is 3. The Morgan fingerprint density at radius 3 is 2.29 bits per heavy atom. The quantitative estimate of drug-likeness (QED) is 0.870. The van der Waals surface area contributed by atoms with Gasteiger partial charge in [0.25, 0.3) is 0 Å². The molecule has 5 heteroatoms. The van der Waals surface area contributed by atoms with E-state index in [0.717, 1.165) is 32.6 Å². The summed E-state index contributed by atoms with van der Waals surface area (Å²) in [5.41, 5.74) is 0.836. The minimum absolute atomic E-state index is 0.0201. The van der Waals surface area contributed by atoms with Crippen LogP contribution in [-0.2, 0) is 9.59 Å². The van der Waals surface area contributed by atoms with Crippen molar-refractivity contribution in [3.63, 3.8) is 0 Å². The molecule has 0 aliphatic carbocycles. The summed E-state index contributed by atoms with van der Waals surface area (Å²) in [7, 11) is 0. The van der Waals surface area contributed by atoms with E-state index in [1.807, 2.05) is 43.9 Å². The van der Waals surface area contributed by atoms with Gasteiger partial charge in [-0.3, -0.25) is 9.59 Å². The van der Waals surface area contributed by atoms with Gasteiger partial charge in [-0.15, -0.1) is 0 Å². The van der Waals surface area contributed by atoms with Crippen molar-refractivity contribution in [1.29, 1.82) is 0 Å². The predicted molar refractivity (Wildman–Crippen MR) is 96.9 cm³/mol. The molecule has 0 radical (unpaired) electrons. The van der Waals surface area contributed by atoms with Crippen LogP contribution in [0.5, 0.6) is 0 Å². The lowest BCUT2D eigenvalue weighted by molar-refractivity contribution is -0.132. The van der Waals surface area contributed by atoms with E-state index in [2.05, 4.69) is 22.3 Å². The molecule has 1 aliphatic rings. The predicted octanol–water partition coefficient (Wildman–Crippen LogP) is 2.28. The number of carbonyl (C=O) groups excluding carboxylic acids is 2. The number of rotatable bonds is 6. The third-order valence-electron chi connectivity index (χ3n) is 4.88. The molecule has 0 bridgehead atoms. The van der Waals surface area contributed by atoms with Crippen LogP contribution in [0.15, 0.2) is 30.3 Å². The van der Waals surface area contributed by atoms with Crippen LogP contribution in [0.3, 0.4) is 0 Å². The van der Waals surface area contributed by atoms with Crippen molar-refractivity contribution in [2.75, 3.05) is 37.6 Å². The smallest absolute Gasteiger partial charge is 0.225 e. The van der Waals surface area contributed by atoms with Crippen molar-refractivity contribution in [3.05, 3.63) is 30.3 Å². The first-order chi connectivity index (χ1) is 11.4. The van der Waals surface area contributed by atoms with Crippen LogP contribution in [0.2, 0.25) is 0 Å². The van der Waals surface area contributed by atoms with Crippen molar-refractivity contribution in [3.8, 4) is 0 Å². The summed E-state index contributed by atoms with van der Waals surface area (Å²) >= 11 is 0. The second kappa shape index (κ2) is 8.18. The Hall–Kier alpha value is -2.04. The molecule has 132 valence electrons. The molecule has 1 fully saturated rings. The van der Waals surface area contributed by atoms with E-state index in [4.69, 9.17) is 0 Å². The summed E-state index contributed by atoms with van der Waals surface area (Å²) in [6.07, 6.45) is 1.16. The maximum atomic E-state index is 12.3. The van der Waals surface area contributed by atoms with Crippen LogP contribution in [0, 0.1) is 5.41 Å². The number of nitrogens with one attached hydrogen (secondary N) is 1. The van der Waals surface area contributed by atoms with E-state index in [9.17, 15) is 9.59 Å². The number of anilines is 1. The van der Waals surface area contributed by atoms with Crippen LogP contribution < -0.4 is 10.2 Å². The second-order valence-corrected chi connectivity index (χ2v) is 6.95. The molecule has 1 aliphatic heterocycles. The first kappa shape index (κ1) is 18.3. The van der Waals surface area contributed by atoms with Gasteiger partial charge in [0.2, 0.25) is 11.8 Å². The Bertz CT molecular complexity index is 549. The van der Waals surface area contributed by atoms with Crippen LogP contribution >= 0.6 is 0 Å². The molecule has 0 unspecified atom stereocenters. The van der Waals surface area contributed by atoms with Gasteiger partial charge in [0.15, 0.2) is 0 Å². The zero-order valence-electron chi connectivity index (χ0n) is 15.0. The molecule has 5 nitrogen and oxygen atoms in total. The maximum Gasteiger partial charge on any atom is 0.225 e. The number of para-hydroxylation sites is 1. The Morgan fingerprint density at radius 2 is 1.71 bits per heavy atom. The van der Waals surface area contributed by atoms with Gasteiger partial charge < -0.3 is 15.1 Å². The number of carbonyl (C=O) groups is 2. The van der Waals surface area contributed by atoms with Gasteiger partial charge in [0, 0.05) is 50.2 Å². The van der Waals surface area contributed by atoms with E-state index in [0.29, 0.717) is 13.0 Å². The first-order valence-electron chi connectivity index (χ1n) is 8.80. The summed E-state index contributed by atoms with van der Waals surface area (Å²) in [6, 6.07) is 10.3. The molecule has 0 aromatic heterocycles. The van der Waals surface area contributed by atoms with Crippen LogP contribution in [-0.4, -0.2) is 49.4 Å². The van der Waals surface area contributed by atoms with Gasteiger partial charge in [-0.25, -0.2) is 0 Å². The minimum Gasteiger partial charge on any atom is -0.368 e. The molecule has 1 aromatic carbocycles. The van der Waals surface area contributed by atoms with Crippen LogP contribution in [0.4, 0.5) is 5.69 Å². The number of benzene rings is 1. The largest absolute Gasteiger partial charge is 0.368 e. The van der Waals surface area contributed by atoms with E-state index < -0.39 is 0 Å². The fraction of sp³-hybridized carbons (Fsp3) is 0.579. The maximum absolute atomic E-state index is 12.3. The highest BCUT2D eigenvalue weighted by molar-refractivity contribution is 5.82. The van der Waals surface area contributed by atoms with Gasteiger partial charge in [0.05, 0.1) is 0 Å². The number of nitrogens with zero attached hydrogens (tertiary/aromatic N) is 2. The lowest BCUT2D eigenvalue weighted by Gasteiger charge is -2.36. The lowest BCUT2D eigenvalue weighted by atomic mass is 9.89. The summed E-state index contributed by atoms with van der Waals surface area (Å²) in [5, 5.41) is 2.88. The molecule has 2 rings (SSSR count). The third kappa shape index (κ3) is 4.73. The van der Waals surface area contributed by atoms with Gasteiger partial charge in [-0.2, -0.15) is 0 Å². The molecule has 1 N–H and O–H groups in total. The molecule has 1 heterocycles. The number of hydrogen-bond donors (Lipinski definition) is 1. The van der Waals surface area contributed by atoms with Gasteiger partial charge >= 0.3 is 0 Å². The zero-order chi connectivity index (χ0) is 17.6. The first-order valence-corrected chi connectivity index (χ1v) is 8.80. The summed E-state index contributed by atoms with van der Waals surface area (Å²) < 4.78 is 0. The monoisotopic (exact) mass is 331 g/mol. The zero-order valence-corrected chi connectivity index (χ0v) is 15.0. The highest BCUT2D eigenvalue weighted by Crippen LogP contribution is 2.19. The molecular formula is C19H29N3O2. The minimum atomic E-state index is -0.371. The Balaban J connectivity index is 1.72. The molecule has 2 amide bonds. The number of piperazine rings is 1. The van der Waals surface area contributed by atoms with E-state index in [1.165, 1.54) is 5.69 Å². The van der Waals surface area contributed by atoms with Gasteiger partial charge in [-0.05, 0) is 18.6 Å². The third-order valence-corrected chi connectivity index (χ3v) is 4.88. The normalized spacial score (nSPS) is 15.3. The van der Waals surface area contributed by atoms with Crippen molar-refractivity contribution >= 4 is 17.5 Å². The molecule has 0 saturated carbocycles. The standard InChI is InChI=1S/C19H29N3O2/c1-4-19(2,3)18(24)20-11-10-17(23)22-14-12-21(13-15-22)16-8-6-5-7-9-16/h5-9H,4,10-15H2,1-3H3,(H,20,24). The second-order valence-electron chi connectivity index (χ2n) is 6.95. The average Bonchev–Trinajstić information content (AvgIpc) is 2.62. The average molecular weight is 331 g/mol. The van der Waals surface area contributed by atoms with E-state index in [1.54, 1.807) is 0 Å². The molecule has 1 aromatic rings. The Kier molecular flexibility index (Phi) is 6.23. The Labute approximate surface area is 145 Å². The molecular weight excluding hydrogens is 302 g/mol. The lowest BCUT2D eigenvalue weighted by Crippen LogP contribution is -2.49. The van der Waals surface area contributed by atoms with E-state index in [-0.39, 0.29) is 17.2 Å². The molecule has 0 spiro atoms. The van der Waals surface area contributed by atoms with Crippen molar-refractivity contribution in [2.24, 2.45) is 5.41 Å². The molecule has 1 saturated heterocycles. The summed E-state index contributed by atoms with van der Waals surface area (Å²) in [6.45, 7) is 9.44. The van der Waals surface area contributed by atoms with E-state index >= 15 is 0 Å². The Morgan fingerprint density at radius 1 is 1.08 bits per heavy atom. The fourth-order valence-electron chi connectivity index (χ4n) is 2.69. The highest BCUT2D eigenvalue weighted by atomic mass is 16.2. The summed E-state index contributed by atoms with van der Waals surface area (Å²) in [4.78, 5) is 28.5. The van der Waals surface area contributed by atoms with Crippen molar-refractivity contribution < 1.29 is 9.59 Å². The van der Waals surface area contributed by atoms with Crippen LogP contribution in [0.1, 0.15) is 33.6 Å². The highest BCUT2D eigenvalue weighted by Gasteiger charge is 2.25.